The van der Waals surface area contributed by atoms with Crippen molar-refractivity contribution < 1.29 is 33.7 Å². The molecule has 0 unspecified atom stereocenters. The Morgan fingerprint density at radius 2 is 1.30 bits per heavy atom. The smallest absolute Gasteiger partial charge is 0.203 e. The highest BCUT2D eigenvalue weighted by Crippen LogP contribution is 2.50. The van der Waals surface area contributed by atoms with Crippen molar-refractivity contribution in [3.05, 3.63) is 29.0 Å². The van der Waals surface area contributed by atoms with Gasteiger partial charge in [-0.25, -0.2) is 0 Å². The number of aliphatic hydroxyl groups is 1. The largest absolute Gasteiger partial charge is 0.512 e. The first-order valence-electron chi connectivity index (χ1n) is 11.1. The number of carbonyl (C=O) groups excluding carboxylic acids is 3. The van der Waals surface area contributed by atoms with E-state index in [9.17, 15) is 19.5 Å². The Morgan fingerprint density at radius 1 is 0.818 bits per heavy atom. The van der Waals surface area contributed by atoms with E-state index in [4.69, 9.17) is 14.2 Å². The second-order valence-corrected chi connectivity index (χ2v) is 10.7. The molecule has 0 spiro atoms. The number of benzene rings is 1. The standard InChI is InChI=1S/C26H34O7/c1-25(2)10-15(27)22(16(28)11-25)21(23-17(29)12-26(3,4)13-18(23)30)14-8-19(31-5)24(33-7)20(9-14)32-6/h8-9,21-22,29H,10-13H2,1-7H3/t21-/m1/s1. The minimum Gasteiger partial charge on any atom is -0.512 e. The molecule has 1 atom stereocenters. The predicted molar refractivity (Wildman–Crippen MR) is 123 cm³/mol. The third-order valence-electron chi connectivity index (χ3n) is 6.59. The van der Waals surface area contributed by atoms with Crippen LogP contribution in [0.25, 0.3) is 0 Å². The maximum absolute atomic E-state index is 13.3. The van der Waals surface area contributed by atoms with Crippen molar-refractivity contribution in [2.45, 2.75) is 59.3 Å². The summed E-state index contributed by atoms with van der Waals surface area (Å²) in [6.45, 7) is 7.59. The van der Waals surface area contributed by atoms with Crippen LogP contribution in [0.4, 0.5) is 0 Å². The number of hydrogen-bond donors (Lipinski definition) is 1. The molecule has 0 bridgehead atoms. The first-order valence-corrected chi connectivity index (χ1v) is 11.1. The highest BCUT2D eigenvalue weighted by Gasteiger charge is 2.48. The number of methoxy groups -OCH3 is 3. The monoisotopic (exact) mass is 458 g/mol. The van der Waals surface area contributed by atoms with E-state index in [-0.39, 0.29) is 54.4 Å². The minimum atomic E-state index is -1.07. The van der Waals surface area contributed by atoms with Gasteiger partial charge in [-0.2, -0.15) is 0 Å². The summed E-state index contributed by atoms with van der Waals surface area (Å²) in [6, 6.07) is 3.30. The Labute approximate surface area is 195 Å². The van der Waals surface area contributed by atoms with Gasteiger partial charge in [0, 0.05) is 37.2 Å². The van der Waals surface area contributed by atoms with E-state index in [1.165, 1.54) is 21.3 Å². The molecule has 0 saturated heterocycles. The molecular formula is C26H34O7. The molecule has 2 aliphatic rings. The lowest BCUT2D eigenvalue weighted by Gasteiger charge is -2.39. The fraction of sp³-hybridized carbons (Fsp3) is 0.577. The van der Waals surface area contributed by atoms with Crippen LogP contribution in [0.5, 0.6) is 17.2 Å². The number of rotatable bonds is 6. The quantitative estimate of drug-likeness (QED) is 0.623. The van der Waals surface area contributed by atoms with Gasteiger partial charge in [0.2, 0.25) is 5.75 Å². The Morgan fingerprint density at radius 3 is 1.73 bits per heavy atom. The zero-order valence-electron chi connectivity index (χ0n) is 20.5. The van der Waals surface area contributed by atoms with Crippen molar-refractivity contribution in [1.29, 1.82) is 0 Å². The Bertz CT molecular complexity index is 970. The molecule has 3 rings (SSSR count). The molecule has 1 fully saturated rings. The summed E-state index contributed by atoms with van der Waals surface area (Å²) in [5.74, 6) is -1.73. The van der Waals surface area contributed by atoms with E-state index in [2.05, 4.69) is 0 Å². The van der Waals surface area contributed by atoms with Gasteiger partial charge in [-0.15, -0.1) is 0 Å². The van der Waals surface area contributed by atoms with Crippen LogP contribution in [0, 0.1) is 16.7 Å². The van der Waals surface area contributed by atoms with Crippen molar-refractivity contribution in [2.24, 2.45) is 16.7 Å². The molecule has 2 aliphatic carbocycles. The number of ketones is 3. The second-order valence-electron chi connectivity index (χ2n) is 10.7. The third kappa shape index (κ3) is 4.77. The van der Waals surface area contributed by atoms with Gasteiger partial charge < -0.3 is 19.3 Å². The van der Waals surface area contributed by atoms with Crippen LogP contribution >= 0.6 is 0 Å². The molecule has 0 aromatic heterocycles. The van der Waals surface area contributed by atoms with E-state index in [0.717, 1.165) is 0 Å². The highest BCUT2D eigenvalue weighted by molar-refractivity contribution is 6.09. The van der Waals surface area contributed by atoms with Crippen LogP contribution < -0.4 is 14.2 Å². The summed E-state index contributed by atoms with van der Waals surface area (Å²) < 4.78 is 16.4. The summed E-state index contributed by atoms with van der Waals surface area (Å²) in [5, 5.41) is 11.0. The van der Waals surface area contributed by atoms with Crippen molar-refractivity contribution in [3.63, 3.8) is 0 Å². The Balaban J connectivity index is 2.27. The van der Waals surface area contributed by atoms with E-state index in [1.807, 2.05) is 27.7 Å². The zero-order chi connectivity index (χ0) is 24.7. The van der Waals surface area contributed by atoms with Gasteiger partial charge in [-0.3, -0.25) is 14.4 Å². The summed E-state index contributed by atoms with van der Waals surface area (Å²) >= 11 is 0. The summed E-state index contributed by atoms with van der Waals surface area (Å²) in [6.07, 6.45) is 0.944. The first-order chi connectivity index (χ1) is 15.3. The van der Waals surface area contributed by atoms with Gasteiger partial charge in [0.25, 0.3) is 0 Å². The van der Waals surface area contributed by atoms with Crippen LogP contribution in [0.15, 0.2) is 23.5 Å². The van der Waals surface area contributed by atoms with E-state index in [0.29, 0.717) is 22.8 Å². The number of aliphatic hydroxyl groups excluding tert-OH is 1. The minimum absolute atomic E-state index is 0.0690. The predicted octanol–water partition coefficient (Wildman–Crippen LogP) is 4.57. The van der Waals surface area contributed by atoms with Gasteiger partial charge >= 0.3 is 0 Å². The van der Waals surface area contributed by atoms with Crippen molar-refractivity contribution >= 4 is 17.3 Å². The van der Waals surface area contributed by atoms with Crippen molar-refractivity contribution in [2.75, 3.05) is 21.3 Å². The van der Waals surface area contributed by atoms with Gasteiger partial charge in [0.15, 0.2) is 17.3 Å². The molecule has 0 heterocycles. The van der Waals surface area contributed by atoms with E-state index < -0.39 is 22.7 Å². The second kappa shape index (κ2) is 8.84. The lowest BCUT2D eigenvalue weighted by Crippen LogP contribution is -2.43. The number of carbonyl (C=O) groups is 3. The normalized spacial score (nSPS) is 21.7. The number of Topliss-reactive ketones (excluding diaryl/α,β-unsaturated/α-hetero) is 3. The first kappa shape index (κ1) is 24.8. The molecule has 0 radical (unpaired) electrons. The molecule has 1 saturated carbocycles. The fourth-order valence-electron chi connectivity index (χ4n) is 5.24. The number of allylic oxidation sites excluding steroid dienone is 2. The number of hydrogen-bond acceptors (Lipinski definition) is 7. The molecule has 33 heavy (non-hydrogen) atoms. The van der Waals surface area contributed by atoms with Gasteiger partial charge in [0.05, 0.1) is 27.2 Å². The molecule has 7 nitrogen and oxygen atoms in total. The van der Waals surface area contributed by atoms with Crippen LogP contribution in [0.2, 0.25) is 0 Å². The maximum Gasteiger partial charge on any atom is 0.203 e. The highest BCUT2D eigenvalue weighted by atomic mass is 16.5. The third-order valence-corrected chi connectivity index (χ3v) is 6.59. The molecule has 180 valence electrons. The summed E-state index contributed by atoms with van der Waals surface area (Å²) in [5.41, 5.74) is -0.229. The molecule has 0 aliphatic heterocycles. The molecule has 1 N–H and O–H groups in total. The van der Waals surface area contributed by atoms with Crippen molar-refractivity contribution in [1.82, 2.24) is 0 Å². The molecular weight excluding hydrogens is 424 g/mol. The molecule has 7 heteroatoms. The SMILES string of the molecule is COc1cc([C@@H](C2=C(O)CC(C)(C)CC2=O)C2C(=O)CC(C)(C)CC2=O)cc(OC)c1OC. The Kier molecular flexibility index (Phi) is 6.65. The van der Waals surface area contributed by atoms with E-state index >= 15 is 0 Å². The lowest BCUT2D eigenvalue weighted by molar-refractivity contribution is -0.140. The zero-order valence-corrected chi connectivity index (χ0v) is 20.5. The molecule has 0 amide bonds. The van der Waals surface area contributed by atoms with Crippen LogP contribution in [0.3, 0.4) is 0 Å². The van der Waals surface area contributed by atoms with E-state index in [1.54, 1.807) is 12.1 Å². The summed E-state index contributed by atoms with van der Waals surface area (Å²) in [7, 11) is 4.43. The Hall–Kier alpha value is -2.83. The van der Waals surface area contributed by atoms with Gasteiger partial charge in [-0.05, 0) is 28.5 Å². The topological polar surface area (TPSA) is 99.1 Å². The molecule has 1 aromatic rings. The average Bonchev–Trinajstić information content (AvgIpc) is 2.68. The summed E-state index contributed by atoms with van der Waals surface area (Å²) in [4.78, 5) is 40.0. The number of ether oxygens (including phenoxy) is 3. The van der Waals surface area contributed by atoms with Crippen LogP contribution in [-0.2, 0) is 14.4 Å². The van der Waals surface area contributed by atoms with Crippen LogP contribution in [0.1, 0.15) is 64.9 Å². The van der Waals surface area contributed by atoms with Crippen LogP contribution in [-0.4, -0.2) is 43.8 Å². The lowest BCUT2D eigenvalue weighted by atomic mass is 9.62. The van der Waals surface area contributed by atoms with Gasteiger partial charge in [0.1, 0.15) is 17.3 Å². The van der Waals surface area contributed by atoms with Gasteiger partial charge in [-0.1, -0.05) is 27.7 Å². The van der Waals surface area contributed by atoms with Crippen molar-refractivity contribution in [3.8, 4) is 17.2 Å². The molecule has 1 aromatic carbocycles. The fourth-order valence-corrected chi connectivity index (χ4v) is 5.24. The average molecular weight is 459 g/mol. The maximum atomic E-state index is 13.3.